The van der Waals surface area contributed by atoms with Crippen LogP contribution in [0.5, 0.6) is 0 Å². The molecule has 10 heteroatoms. The number of fused-ring (bicyclic) bond motifs is 1. The van der Waals surface area contributed by atoms with Gasteiger partial charge in [-0.25, -0.2) is 8.42 Å². The molecule has 1 aromatic heterocycles. The highest BCUT2D eigenvalue weighted by Crippen LogP contribution is 2.29. The van der Waals surface area contributed by atoms with Crippen LogP contribution in [0.3, 0.4) is 0 Å². The summed E-state index contributed by atoms with van der Waals surface area (Å²) >= 11 is 4.43. The Morgan fingerprint density at radius 2 is 2.10 bits per heavy atom. The summed E-state index contributed by atoms with van der Waals surface area (Å²) in [6.07, 6.45) is 1.28. The van der Waals surface area contributed by atoms with E-state index in [-0.39, 0.29) is 17.3 Å². The van der Waals surface area contributed by atoms with Gasteiger partial charge in [0.25, 0.3) is 0 Å². The molecule has 1 unspecified atom stereocenters. The zero-order valence-electron chi connectivity index (χ0n) is 15.6. The third-order valence-corrected chi connectivity index (χ3v) is 8.38. The molecule has 1 fully saturated rings. The van der Waals surface area contributed by atoms with E-state index in [0.29, 0.717) is 36.1 Å². The minimum atomic E-state index is -3.76. The highest BCUT2D eigenvalue weighted by Gasteiger charge is 2.34. The summed E-state index contributed by atoms with van der Waals surface area (Å²) in [7, 11) is -3.76. The summed E-state index contributed by atoms with van der Waals surface area (Å²) in [4.78, 5) is 12.9. The summed E-state index contributed by atoms with van der Waals surface area (Å²) in [6.45, 7) is 2.48. The van der Waals surface area contributed by atoms with Crippen molar-refractivity contribution >= 4 is 60.3 Å². The SMILES string of the molecule is Cc1cc(NC(=O)C2CCCN(S(=O)(=O)c3cccc4nsnc34)C2)ccc1Br. The van der Waals surface area contributed by atoms with Gasteiger partial charge in [-0.05, 0) is 55.7 Å². The molecule has 7 nitrogen and oxygen atoms in total. The molecule has 1 aliphatic rings. The summed E-state index contributed by atoms with van der Waals surface area (Å²) in [6, 6.07) is 10.5. The number of aromatic nitrogens is 2. The zero-order valence-corrected chi connectivity index (χ0v) is 18.8. The fraction of sp³-hybridized carbons (Fsp3) is 0.316. The number of amides is 1. The van der Waals surface area contributed by atoms with E-state index in [4.69, 9.17) is 0 Å². The minimum Gasteiger partial charge on any atom is -0.326 e. The lowest BCUT2D eigenvalue weighted by Crippen LogP contribution is -2.43. The number of aryl methyl sites for hydroxylation is 1. The number of hydrogen-bond donors (Lipinski definition) is 1. The number of rotatable bonds is 4. The Hall–Kier alpha value is -1.88. The van der Waals surface area contributed by atoms with Crippen molar-refractivity contribution in [3.8, 4) is 0 Å². The zero-order chi connectivity index (χ0) is 20.6. The van der Waals surface area contributed by atoms with Crippen molar-refractivity contribution in [3.05, 3.63) is 46.4 Å². The van der Waals surface area contributed by atoms with E-state index in [1.807, 2.05) is 25.1 Å². The maximum atomic E-state index is 13.2. The lowest BCUT2D eigenvalue weighted by atomic mass is 9.98. The second-order valence-electron chi connectivity index (χ2n) is 7.04. The van der Waals surface area contributed by atoms with Crippen molar-refractivity contribution in [2.45, 2.75) is 24.7 Å². The fourth-order valence-corrected chi connectivity index (χ4v) is 5.99. The number of benzene rings is 2. The molecule has 0 spiro atoms. The Kier molecular flexibility index (Phi) is 5.69. The van der Waals surface area contributed by atoms with Crippen molar-refractivity contribution in [2.75, 3.05) is 18.4 Å². The number of hydrogen-bond acceptors (Lipinski definition) is 6. The molecule has 0 radical (unpaired) electrons. The van der Waals surface area contributed by atoms with E-state index >= 15 is 0 Å². The highest BCUT2D eigenvalue weighted by molar-refractivity contribution is 9.10. The average molecular weight is 495 g/mol. The van der Waals surface area contributed by atoms with Crippen LogP contribution < -0.4 is 5.32 Å². The summed E-state index contributed by atoms with van der Waals surface area (Å²) in [5.41, 5.74) is 2.66. The van der Waals surface area contributed by atoms with Crippen LogP contribution in [-0.2, 0) is 14.8 Å². The molecule has 0 bridgehead atoms. The van der Waals surface area contributed by atoms with Gasteiger partial charge < -0.3 is 5.32 Å². The van der Waals surface area contributed by atoms with E-state index in [1.54, 1.807) is 18.2 Å². The summed E-state index contributed by atoms with van der Waals surface area (Å²) in [5.74, 6) is -0.574. The van der Waals surface area contributed by atoms with Gasteiger partial charge >= 0.3 is 0 Å². The lowest BCUT2D eigenvalue weighted by molar-refractivity contribution is -0.120. The van der Waals surface area contributed by atoms with Gasteiger partial charge in [-0.15, -0.1) is 0 Å². The number of anilines is 1. The van der Waals surface area contributed by atoms with Gasteiger partial charge in [0.05, 0.1) is 17.6 Å². The Labute approximate surface area is 181 Å². The van der Waals surface area contributed by atoms with Gasteiger partial charge in [0.2, 0.25) is 15.9 Å². The first-order valence-corrected chi connectivity index (χ1v) is 12.1. The molecule has 1 amide bonds. The summed E-state index contributed by atoms with van der Waals surface area (Å²) in [5, 5.41) is 2.92. The standard InChI is InChI=1S/C19H19BrN4O3S2/c1-12-10-14(7-8-15(12)20)21-19(25)13-4-3-9-24(11-13)29(26,27)17-6-2-5-16-18(17)23-28-22-16/h2,5-8,10,13H,3-4,9,11H2,1H3,(H,21,25). The number of piperidine rings is 1. The maximum absolute atomic E-state index is 13.2. The van der Waals surface area contributed by atoms with Gasteiger partial charge in [0.1, 0.15) is 15.9 Å². The molecule has 3 aromatic rings. The van der Waals surface area contributed by atoms with Crippen LogP contribution in [0.1, 0.15) is 18.4 Å². The highest BCUT2D eigenvalue weighted by atomic mass is 79.9. The second kappa shape index (κ2) is 8.10. The van der Waals surface area contributed by atoms with Gasteiger partial charge in [0, 0.05) is 23.2 Å². The lowest BCUT2D eigenvalue weighted by Gasteiger charge is -2.31. The molecule has 2 aromatic carbocycles. The van der Waals surface area contributed by atoms with Gasteiger partial charge in [-0.3, -0.25) is 4.79 Å². The van der Waals surface area contributed by atoms with E-state index in [9.17, 15) is 13.2 Å². The first-order valence-electron chi connectivity index (χ1n) is 9.15. The topological polar surface area (TPSA) is 92.3 Å². The predicted molar refractivity (Wildman–Crippen MR) is 116 cm³/mol. The molecule has 152 valence electrons. The molecule has 0 saturated carbocycles. The maximum Gasteiger partial charge on any atom is 0.245 e. The second-order valence-corrected chi connectivity index (χ2v) is 10.3. The normalized spacial score (nSPS) is 18.1. The van der Waals surface area contributed by atoms with Crippen molar-refractivity contribution in [1.29, 1.82) is 0 Å². The molecule has 1 atom stereocenters. The molecule has 1 N–H and O–H groups in total. The van der Waals surface area contributed by atoms with Crippen LogP contribution in [0.15, 0.2) is 45.8 Å². The van der Waals surface area contributed by atoms with Crippen LogP contribution in [0, 0.1) is 12.8 Å². The number of nitrogens with one attached hydrogen (secondary N) is 1. The summed E-state index contributed by atoms with van der Waals surface area (Å²) < 4.78 is 37.1. The van der Waals surface area contributed by atoms with E-state index in [1.165, 1.54) is 4.31 Å². The third kappa shape index (κ3) is 4.07. The monoisotopic (exact) mass is 494 g/mol. The first kappa shape index (κ1) is 20.4. The van der Waals surface area contributed by atoms with Crippen LogP contribution in [0.25, 0.3) is 11.0 Å². The predicted octanol–water partition coefficient (Wildman–Crippen LogP) is 3.80. The number of carbonyl (C=O) groups is 1. The molecule has 1 saturated heterocycles. The average Bonchev–Trinajstić information content (AvgIpc) is 3.19. The number of nitrogens with zero attached hydrogens (tertiary/aromatic N) is 3. The van der Waals surface area contributed by atoms with Crippen molar-refractivity contribution in [3.63, 3.8) is 0 Å². The first-order chi connectivity index (χ1) is 13.9. The molecular formula is C19H19BrN4O3S2. The minimum absolute atomic E-state index is 0.147. The van der Waals surface area contributed by atoms with Crippen molar-refractivity contribution in [1.82, 2.24) is 13.1 Å². The fourth-order valence-electron chi connectivity index (χ4n) is 3.47. The van der Waals surface area contributed by atoms with E-state index in [2.05, 4.69) is 30.0 Å². The third-order valence-electron chi connectivity index (χ3n) is 5.05. The largest absolute Gasteiger partial charge is 0.326 e. The molecule has 1 aliphatic heterocycles. The van der Waals surface area contributed by atoms with Gasteiger partial charge in [-0.2, -0.15) is 13.1 Å². The Morgan fingerprint density at radius 3 is 2.90 bits per heavy atom. The number of halogens is 1. The Morgan fingerprint density at radius 1 is 1.28 bits per heavy atom. The van der Waals surface area contributed by atoms with E-state index in [0.717, 1.165) is 21.8 Å². The molecule has 0 aliphatic carbocycles. The quantitative estimate of drug-likeness (QED) is 0.595. The Bertz CT molecular complexity index is 1180. The van der Waals surface area contributed by atoms with Gasteiger partial charge in [-0.1, -0.05) is 22.0 Å². The number of carbonyl (C=O) groups excluding carboxylic acids is 1. The van der Waals surface area contributed by atoms with Crippen molar-refractivity contribution in [2.24, 2.45) is 5.92 Å². The number of sulfonamides is 1. The smallest absolute Gasteiger partial charge is 0.245 e. The molecule has 2 heterocycles. The molecule has 29 heavy (non-hydrogen) atoms. The van der Waals surface area contributed by atoms with Crippen LogP contribution >= 0.6 is 27.7 Å². The Balaban J connectivity index is 1.53. The molecule has 4 rings (SSSR count). The van der Waals surface area contributed by atoms with Crippen LogP contribution in [0.4, 0.5) is 5.69 Å². The van der Waals surface area contributed by atoms with Crippen LogP contribution in [-0.4, -0.2) is 40.5 Å². The van der Waals surface area contributed by atoms with E-state index < -0.39 is 15.9 Å². The van der Waals surface area contributed by atoms with Crippen LogP contribution in [0.2, 0.25) is 0 Å². The van der Waals surface area contributed by atoms with Gasteiger partial charge in [0.15, 0.2) is 0 Å². The van der Waals surface area contributed by atoms with Crippen molar-refractivity contribution < 1.29 is 13.2 Å². The molecular weight excluding hydrogens is 476 g/mol.